The molecule has 0 atom stereocenters. The third kappa shape index (κ3) is 3.20. The Morgan fingerprint density at radius 1 is 0.917 bits per heavy atom. The summed E-state index contributed by atoms with van der Waals surface area (Å²) >= 11 is 0. The van der Waals surface area contributed by atoms with Gasteiger partial charge < -0.3 is 15.2 Å². The molecule has 3 aromatic rings. The maximum atomic E-state index is 6.09. The quantitative estimate of drug-likeness (QED) is 0.740. The molecule has 0 radical (unpaired) electrons. The first-order valence-electron chi connectivity index (χ1n) is 7.84. The number of hydrogen-bond donors (Lipinski definition) is 2. The monoisotopic (exact) mass is 323 g/mol. The van der Waals surface area contributed by atoms with Crippen LogP contribution in [0.5, 0.6) is 11.5 Å². The molecule has 0 saturated carbocycles. The van der Waals surface area contributed by atoms with Crippen molar-refractivity contribution in [2.45, 2.75) is 20.0 Å². The number of nitrogens with two attached hydrogens (primary N) is 1. The Labute approximate surface area is 141 Å². The number of H-pyrrole nitrogens is 1. The van der Waals surface area contributed by atoms with E-state index in [4.69, 9.17) is 15.2 Å². The van der Waals surface area contributed by atoms with Crippen molar-refractivity contribution in [3.05, 3.63) is 48.5 Å². The highest BCUT2D eigenvalue weighted by molar-refractivity contribution is 5.87. The van der Waals surface area contributed by atoms with E-state index in [0.29, 0.717) is 5.82 Å². The van der Waals surface area contributed by atoms with Crippen LogP contribution in [0.1, 0.15) is 13.8 Å². The lowest BCUT2D eigenvalue weighted by Crippen LogP contribution is -2.05. The fraction of sp³-hybridized carbons (Fsp3) is 0.211. The van der Waals surface area contributed by atoms with E-state index in [1.54, 1.807) is 7.11 Å². The zero-order valence-corrected chi connectivity index (χ0v) is 14.0. The van der Waals surface area contributed by atoms with E-state index in [1.807, 2.05) is 62.4 Å². The lowest BCUT2D eigenvalue weighted by Gasteiger charge is -2.11. The fourth-order valence-electron chi connectivity index (χ4n) is 2.59. The molecular formula is C19H21N3O2. The Balaban J connectivity index is 1.97. The van der Waals surface area contributed by atoms with E-state index < -0.39 is 0 Å². The summed E-state index contributed by atoms with van der Waals surface area (Å²) in [5, 5.41) is 7.20. The summed E-state index contributed by atoms with van der Waals surface area (Å²) in [4.78, 5) is 0. The standard InChI is InChI=1S/C19H21N3O2/c1-12(2)24-16-10-4-13(5-11-16)17-18(21-22-19(17)20)14-6-8-15(23-3)9-7-14/h4-12H,1-3H3,(H3,20,21,22). The average Bonchev–Trinajstić information content (AvgIpc) is 2.97. The molecule has 0 saturated heterocycles. The van der Waals surface area contributed by atoms with Crippen LogP contribution >= 0.6 is 0 Å². The van der Waals surface area contributed by atoms with Gasteiger partial charge in [-0.2, -0.15) is 5.10 Å². The zero-order valence-electron chi connectivity index (χ0n) is 14.0. The number of nitrogens with zero attached hydrogens (tertiary/aromatic N) is 1. The molecule has 124 valence electrons. The third-order valence-corrected chi connectivity index (χ3v) is 3.69. The lowest BCUT2D eigenvalue weighted by molar-refractivity contribution is 0.242. The van der Waals surface area contributed by atoms with Crippen molar-refractivity contribution in [1.82, 2.24) is 10.2 Å². The van der Waals surface area contributed by atoms with E-state index in [-0.39, 0.29) is 6.10 Å². The predicted molar refractivity (Wildman–Crippen MR) is 96.2 cm³/mol. The van der Waals surface area contributed by atoms with Crippen molar-refractivity contribution in [3.8, 4) is 33.9 Å². The lowest BCUT2D eigenvalue weighted by atomic mass is 10.0. The first-order valence-corrected chi connectivity index (χ1v) is 7.84. The molecule has 5 heteroatoms. The van der Waals surface area contributed by atoms with Crippen molar-refractivity contribution in [2.24, 2.45) is 0 Å². The number of aromatic nitrogens is 2. The van der Waals surface area contributed by atoms with Gasteiger partial charge in [-0.1, -0.05) is 12.1 Å². The summed E-state index contributed by atoms with van der Waals surface area (Å²) < 4.78 is 10.9. The molecule has 0 amide bonds. The molecule has 5 nitrogen and oxygen atoms in total. The minimum atomic E-state index is 0.143. The molecule has 0 aliphatic heterocycles. The van der Waals surface area contributed by atoms with Gasteiger partial charge in [-0.05, 0) is 55.8 Å². The average molecular weight is 323 g/mol. The summed E-state index contributed by atoms with van der Waals surface area (Å²) in [6, 6.07) is 15.7. The SMILES string of the molecule is COc1ccc(-c2[nH]nc(N)c2-c2ccc(OC(C)C)cc2)cc1. The molecule has 1 aromatic heterocycles. The van der Waals surface area contributed by atoms with Crippen molar-refractivity contribution < 1.29 is 9.47 Å². The van der Waals surface area contributed by atoms with E-state index in [2.05, 4.69) is 10.2 Å². The number of ether oxygens (including phenoxy) is 2. The summed E-state index contributed by atoms with van der Waals surface area (Å²) in [7, 11) is 1.65. The normalized spacial score (nSPS) is 10.8. The van der Waals surface area contributed by atoms with E-state index in [1.165, 1.54) is 0 Å². The second-order valence-corrected chi connectivity index (χ2v) is 5.78. The fourth-order valence-corrected chi connectivity index (χ4v) is 2.59. The van der Waals surface area contributed by atoms with E-state index in [9.17, 15) is 0 Å². The smallest absolute Gasteiger partial charge is 0.153 e. The summed E-state index contributed by atoms with van der Waals surface area (Å²) in [6.07, 6.45) is 0.143. The van der Waals surface area contributed by atoms with Crippen LogP contribution in [0, 0.1) is 0 Å². The van der Waals surface area contributed by atoms with Crippen LogP contribution in [-0.2, 0) is 0 Å². The van der Waals surface area contributed by atoms with Gasteiger partial charge in [0.2, 0.25) is 0 Å². The van der Waals surface area contributed by atoms with Gasteiger partial charge in [-0.25, -0.2) is 0 Å². The predicted octanol–water partition coefficient (Wildman–Crippen LogP) is 4.12. The minimum absolute atomic E-state index is 0.143. The van der Waals surface area contributed by atoms with Gasteiger partial charge in [0, 0.05) is 5.56 Å². The molecule has 2 aromatic carbocycles. The Kier molecular flexibility index (Phi) is 4.42. The number of rotatable bonds is 5. The van der Waals surface area contributed by atoms with Crippen molar-refractivity contribution in [1.29, 1.82) is 0 Å². The zero-order chi connectivity index (χ0) is 17.1. The van der Waals surface area contributed by atoms with Crippen LogP contribution in [0.4, 0.5) is 5.82 Å². The van der Waals surface area contributed by atoms with Crippen LogP contribution in [-0.4, -0.2) is 23.4 Å². The minimum Gasteiger partial charge on any atom is -0.497 e. The molecule has 0 bridgehead atoms. The summed E-state index contributed by atoms with van der Waals surface area (Å²) in [5.41, 5.74) is 9.84. The molecule has 0 aliphatic carbocycles. The van der Waals surface area contributed by atoms with Crippen LogP contribution in [0.2, 0.25) is 0 Å². The molecule has 0 aliphatic rings. The Morgan fingerprint density at radius 2 is 1.50 bits per heavy atom. The maximum absolute atomic E-state index is 6.09. The number of benzene rings is 2. The number of nitrogens with one attached hydrogen (secondary N) is 1. The molecule has 3 rings (SSSR count). The first kappa shape index (κ1) is 15.9. The molecule has 1 heterocycles. The van der Waals surface area contributed by atoms with Gasteiger partial charge in [0.1, 0.15) is 11.5 Å². The van der Waals surface area contributed by atoms with Gasteiger partial charge >= 0.3 is 0 Å². The highest BCUT2D eigenvalue weighted by Crippen LogP contribution is 2.35. The Hall–Kier alpha value is -2.95. The van der Waals surface area contributed by atoms with E-state index >= 15 is 0 Å². The number of aromatic amines is 1. The molecule has 24 heavy (non-hydrogen) atoms. The molecular weight excluding hydrogens is 302 g/mol. The first-order chi connectivity index (χ1) is 11.6. The molecule has 0 fully saturated rings. The highest BCUT2D eigenvalue weighted by Gasteiger charge is 2.15. The topological polar surface area (TPSA) is 73.2 Å². The largest absolute Gasteiger partial charge is 0.497 e. The van der Waals surface area contributed by atoms with Crippen LogP contribution < -0.4 is 15.2 Å². The Bertz CT molecular complexity index is 806. The molecule has 0 spiro atoms. The number of anilines is 1. The van der Waals surface area contributed by atoms with Crippen molar-refractivity contribution in [3.63, 3.8) is 0 Å². The summed E-state index contributed by atoms with van der Waals surface area (Å²) in [6.45, 7) is 4.01. The number of methoxy groups -OCH3 is 1. The van der Waals surface area contributed by atoms with Gasteiger partial charge in [0.15, 0.2) is 5.82 Å². The van der Waals surface area contributed by atoms with Gasteiger partial charge in [0.05, 0.1) is 24.5 Å². The van der Waals surface area contributed by atoms with Crippen molar-refractivity contribution >= 4 is 5.82 Å². The second-order valence-electron chi connectivity index (χ2n) is 5.78. The Morgan fingerprint density at radius 3 is 2.08 bits per heavy atom. The van der Waals surface area contributed by atoms with Gasteiger partial charge in [-0.3, -0.25) is 5.10 Å². The highest BCUT2D eigenvalue weighted by atomic mass is 16.5. The van der Waals surface area contributed by atoms with E-state index in [0.717, 1.165) is 33.9 Å². The second kappa shape index (κ2) is 6.66. The van der Waals surface area contributed by atoms with Crippen LogP contribution in [0.15, 0.2) is 48.5 Å². The maximum Gasteiger partial charge on any atom is 0.153 e. The van der Waals surface area contributed by atoms with Crippen LogP contribution in [0.25, 0.3) is 22.4 Å². The molecule has 0 unspecified atom stereocenters. The third-order valence-electron chi connectivity index (χ3n) is 3.69. The van der Waals surface area contributed by atoms with Gasteiger partial charge in [0.25, 0.3) is 0 Å². The van der Waals surface area contributed by atoms with Gasteiger partial charge in [-0.15, -0.1) is 0 Å². The number of nitrogen functional groups attached to an aromatic ring is 1. The summed E-state index contributed by atoms with van der Waals surface area (Å²) in [5.74, 6) is 2.11. The molecule has 3 N–H and O–H groups in total. The van der Waals surface area contributed by atoms with Crippen LogP contribution in [0.3, 0.4) is 0 Å². The number of hydrogen-bond acceptors (Lipinski definition) is 4. The van der Waals surface area contributed by atoms with Crippen molar-refractivity contribution in [2.75, 3.05) is 12.8 Å².